The molecule has 1 amide bonds. The predicted molar refractivity (Wildman–Crippen MR) is 71.5 cm³/mol. The van der Waals surface area contributed by atoms with E-state index < -0.39 is 11.3 Å². The van der Waals surface area contributed by atoms with Crippen molar-refractivity contribution in [2.24, 2.45) is 5.73 Å². The number of benzene rings is 1. The van der Waals surface area contributed by atoms with Crippen molar-refractivity contribution < 1.29 is 9.63 Å². The number of carbonyl (C=O) groups is 1. The highest BCUT2D eigenvalue weighted by molar-refractivity contribution is 5.47. The fourth-order valence-corrected chi connectivity index (χ4v) is 1.63. The lowest BCUT2D eigenvalue weighted by Crippen LogP contribution is -2.56. The maximum absolute atomic E-state index is 11.1. The summed E-state index contributed by atoms with van der Waals surface area (Å²) in [5, 5.41) is 1.19. The van der Waals surface area contributed by atoms with Gasteiger partial charge in [0.05, 0.1) is 5.60 Å². The Balaban J connectivity index is 2.80. The summed E-state index contributed by atoms with van der Waals surface area (Å²) in [6.45, 7) is 7.41. The van der Waals surface area contributed by atoms with Gasteiger partial charge in [0.15, 0.2) is 0 Å². The summed E-state index contributed by atoms with van der Waals surface area (Å²) in [5.41, 5.74) is 5.90. The van der Waals surface area contributed by atoms with Crippen molar-refractivity contribution in [3.05, 3.63) is 35.9 Å². The lowest BCUT2D eigenvalue weighted by molar-refractivity contribution is -0.252. The molecule has 0 spiro atoms. The highest BCUT2D eigenvalue weighted by Crippen LogP contribution is 2.19. The molecule has 0 aromatic heterocycles. The molecule has 1 aromatic rings. The number of rotatable bonds is 5. The first kappa shape index (κ1) is 14.7. The Morgan fingerprint density at radius 1 is 1.22 bits per heavy atom. The zero-order valence-corrected chi connectivity index (χ0v) is 11.5. The van der Waals surface area contributed by atoms with E-state index in [0.29, 0.717) is 12.8 Å². The van der Waals surface area contributed by atoms with Gasteiger partial charge in [0, 0.05) is 6.42 Å². The number of carbonyl (C=O) groups excluding carboxylic acids is 1. The van der Waals surface area contributed by atoms with E-state index in [0.717, 1.165) is 5.56 Å². The minimum atomic E-state index is -0.879. The van der Waals surface area contributed by atoms with Crippen molar-refractivity contribution in [2.45, 2.75) is 45.4 Å². The first-order chi connectivity index (χ1) is 8.24. The van der Waals surface area contributed by atoms with E-state index in [4.69, 9.17) is 10.6 Å². The lowest BCUT2D eigenvalue weighted by Gasteiger charge is -2.38. The van der Waals surface area contributed by atoms with Gasteiger partial charge in [-0.2, -0.15) is 0 Å². The highest BCUT2D eigenvalue weighted by Gasteiger charge is 2.31. The van der Waals surface area contributed by atoms with E-state index in [1.807, 2.05) is 51.1 Å². The number of hydrogen-bond donors (Lipinski definition) is 1. The third-order valence-electron chi connectivity index (χ3n) is 2.38. The normalized spacial score (nSPS) is 14.9. The molecule has 0 bridgehead atoms. The van der Waals surface area contributed by atoms with Crippen LogP contribution in [0.4, 0.5) is 0 Å². The molecule has 1 aromatic carbocycles. The first-order valence-electron chi connectivity index (χ1n) is 6.01. The van der Waals surface area contributed by atoms with Crippen LogP contribution in [0.15, 0.2) is 30.3 Å². The van der Waals surface area contributed by atoms with Crippen molar-refractivity contribution >= 4 is 6.41 Å². The SMILES string of the molecule is CC(C)(C)ON(C=O)C(C)(N)Cc1ccccc1. The fourth-order valence-electron chi connectivity index (χ4n) is 1.63. The Hall–Kier alpha value is -1.39. The Labute approximate surface area is 109 Å². The van der Waals surface area contributed by atoms with Crippen LogP contribution < -0.4 is 5.73 Å². The summed E-state index contributed by atoms with van der Waals surface area (Å²) in [6, 6.07) is 9.79. The molecule has 0 aliphatic heterocycles. The first-order valence-corrected chi connectivity index (χ1v) is 6.01. The third-order valence-corrected chi connectivity index (χ3v) is 2.38. The lowest BCUT2D eigenvalue weighted by atomic mass is 10.0. The number of hydrogen-bond acceptors (Lipinski definition) is 3. The average Bonchev–Trinajstić information content (AvgIpc) is 2.25. The number of nitrogens with two attached hydrogens (primary N) is 1. The van der Waals surface area contributed by atoms with Gasteiger partial charge in [-0.1, -0.05) is 30.3 Å². The van der Waals surface area contributed by atoms with Gasteiger partial charge >= 0.3 is 0 Å². The molecule has 100 valence electrons. The van der Waals surface area contributed by atoms with Gasteiger partial charge in [0.1, 0.15) is 5.66 Å². The minimum Gasteiger partial charge on any atom is -0.307 e. The predicted octanol–water partition coefficient (Wildman–Crippen LogP) is 2.09. The van der Waals surface area contributed by atoms with Crippen LogP contribution >= 0.6 is 0 Å². The molecule has 0 aliphatic carbocycles. The number of amides is 1. The average molecular weight is 250 g/mol. The number of hydroxylamine groups is 2. The van der Waals surface area contributed by atoms with Crippen molar-refractivity contribution in [1.29, 1.82) is 0 Å². The van der Waals surface area contributed by atoms with Crippen LogP contribution in [0.2, 0.25) is 0 Å². The highest BCUT2D eigenvalue weighted by atomic mass is 16.7. The molecule has 0 heterocycles. The molecule has 4 heteroatoms. The van der Waals surface area contributed by atoms with E-state index in [-0.39, 0.29) is 0 Å². The smallest absolute Gasteiger partial charge is 0.235 e. The van der Waals surface area contributed by atoms with Crippen molar-refractivity contribution in [2.75, 3.05) is 0 Å². The van der Waals surface area contributed by atoms with Crippen LogP contribution in [0.1, 0.15) is 33.3 Å². The van der Waals surface area contributed by atoms with Crippen LogP contribution in [0.25, 0.3) is 0 Å². The molecule has 0 aliphatic rings. The Morgan fingerprint density at radius 3 is 2.22 bits per heavy atom. The molecular weight excluding hydrogens is 228 g/mol. The molecule has 1 unspecified atom stereocenters. The molecule has 0 saturated carbocycles. The van der Waals surface area contributed by atoms with Crippen LogP contribution in [0, 0.1) is 0 Å². The van der Waals surface area contributed by atoms with Gasteiger partial charge in [-0.3, -0.25) is 9.63 Å². The van der Waals surface area contributed by atoms with E-state index in [2.05, 4.69) is 0 Å². The zero-order valence-electron chi connectivity index (χ0n) is 11.5. The summed E-state index contributed by atoms with van der Waals surface area (Å²) in [6.07, 6.45) is 1.16. The number of nitrogens with zero attached hydrogens (tertiary/aromatic N) is 1. The minimum absolute atomic E-state index is 0.460. The molecule has 4 nitrogen and oxygen atoms in total. The van der Waals surface area contributed by atoms with Crippen molar-refractivity contribution in [3.8, 4) is 0 Å². The molecule has 0 saturated heterocycles. The molecule has 0 radical (unpaired) electrons. The van der Waals surface area contributed by atoms with Gasteiger partial charge in [-0.25, -0.2) is 5.06 Å². The van der Waals surface area contributed by atoms with Crippen LogP contribution in [-0.4, -0.2) is 22.7 Å². The van der Waals surface area contributed by atoms with E-state index in [1.54, 1.807) is 6.92 Å². The van der Waals surface area contributed by atoms with Gasteiger partial charge in [-0.05, 0) is 33.3 Å². The Morgan fingerprint density at radius 2 is 1.78 bits per heavy atom. The monoisotopic (exact) mass is 250 g/mol. The molecule has 0 fully saturated rings. The van der Waals surface area contributed by atoms with Crippen LogP contribution in [0.5, 0.6) is 0 Å². The maximum atomic E-state index is 11.1. The topological polar surface area (TPSA) is 55.6 Å². The largest absolute Gasteiger partial charge is 0.307 e. The summed E-state index contributed by atoms with van der Waals surface area (Å²) in [5.74, 6) is 0. The molecule has 1 atom stereocenters. The molecular formula is C14H22N2O2. The molecule has 2 N–H and O–H groups in total. The summed E-state index contributed by atoms with van der Waals surface area (Å²) in [7, 11) is 0. The fraction of sp³-hybridized carbons (Fsp3) is 0.500. The van der Waals surface area contributed by atoms with E-state index in [1.165, 1.54) is 5.06 Å². The Bertz CT molecular complexity index is 383. The van der Waals surface area contributed by atoms with Crippen LogP contribution in [-0.2, 0) is 16.1 Å². The second-order valence-corrected chi connectivity index (χ2v) is 5.65. The van der Waals surface area contributed by atoms with Crippen molar-refractivity contribution in [3.63, 3.8) is 0 Å². The Kier molecular flexibility index (Phi) is 4.48. The van der Waals surface area contributed by atoms with E-state index >= 15 is 0 Å². The molecule has 1 rings (SSSR count). The second kappa shape index (κ2) is 5.50. The summed E-state index contributed by atoms with van der Waals surface area (Å²) in [4.78, 5) is 16.7. The third kappa shape index (κ3) is 4.47. The standard InChI is InChI=1S/C14H22N2O2/c1-13(2,3)18-16(11-17)14(4,15)10-12-8-6-5-7-9-12/h5-9,11H,10,15H2,1-4H3. The zero-order chi connectivity index (χ0) is 13.8. The van der Waals surface area contributed by atoms with E-state index in [9.17, 15) is 4.79 Å². The van der Waals surface area contributed by atoms with Gasteiger partial charge in [-0.15, -0.1) is 0 Å². The maximum Gasteiger partial charge on any atom is 0.235 e. The summed E-state index contributed by atoms with van der Waals surface area (Å²) < 4.78 is 0. The van der Waals surface area contributed by atoms with Gasteiger partial charge in [0.2, 0.25) is 6.41 Å². The van der Waals surface area contributed by atoms with Gasteiger partial charge < -0.3 is 5.73 Å². The second-order valence-electron chi connectivity index (χ2n) is 5.65. The quantitative estimate of drug-likeness (QED) is 0.494. The van der Waals surface area contributed by atoms with Gasteiger partial charge in [0.25, 0.3) is 0 Å². The molecule has 18 heavy (non-hydrogen) atoms. The van der Waals surface area contributed by atoms with Crippen LogP contribution in [0.3, 0.4) is 0 Å². The summed E-state index contributed by atoms with van der Waals surface area (Å²) >= 11 is 0. The van der Waals surface area contributed by atoms with Crippen molar-refractivity contribution in [1.82, 2.24) is 5.06 Å².